The molecule has 1 heterocycles. The van der Waals surface area contributed by atoms with Crippen molar-refractivity contribution in [2.24, 2.45) is 0 Å². The Hall–Kier alpha value is -1.55. The van der Waals surface area contributed by atoms with Crippen LogP contribution in [0.2, 0.25) is 0 Å². The summed E-state index contributed by atoms with van der Waals surface area (Å²) in [4.78, 5) is 27.4. The van der Waals surface area contributed by atoms with Crippen molar-refractivity contribution in [1.29, 1.82) is 0 Å². The zero-order valence-electron chi connectivity index (χ0n) is 12.3. The van der Waals surface area contributed by atoms with E-state index in [1.165, 1.54) is 0 Å². The first-order valence-electron chi connectivity index (χ1n) is 6.66. The molecule has 0 fully saturated rings. The van der Waals surface area contributed by atoms with E-state index in [0.29, 0.717) is 17.7 Å². The molecule has 1 aromatic rings. The van der Waals surface area contributed by atoms with Gasteiger partial charge in [-0.1, -0.05) is 0 Å². The number of carbonyl (C=O) groups is 2. The Labute approximate surface area is 124 Å². The van der Waals surface area contributed by atoms with Crippen LogP contribution in [0.25, 0.3) is 0 Å². The number of rotatable bonds is 4. The molecule has 0 bridgehead atoms. The van der Waals surface area contributed by atoms with Crippen LogP contribution in [0, 0.1) is 0 Å². The van der Waals surface area contributed by atoms with Crippen molar-refractivity contribution in [3.63, 3.8) is 0 Å². The van der Waals surface area contributed by atoms with Gasteiger partial charge in [0.2, 0.25) is 11.7 Å². The minimum absolute atomic E-state index is 0.00405. The topological polar surface area (TPSA) is 37.4 Å². The molecule has 0 unspecified atom stereocenters. The highest BCUT2D eigenvalue weighted by molar-refractivity contribution is 7.98. The number of nitrogens with zero attached hydrogens (tertiary/aromatic N) is 1. The summed E-state index contributed by atoms with van der Waals surface area (Å²) in [5.74, 6) is -0.0451. The van der Waals surface area contributed by atoms with E-state index in [2.05, 4.69) is 0 Å². The van der Waals surface area contributed by atoms with E-state index in [0.717, 1.165) is 10.5 Å². The molecule has 0 atom stereocenters. The molecule has 1 aromatic carbocycles. The fourth-order valence-corrected chi connectivity index (χ4v) is 2.86. The smallest absolute Gasteiger partial charge is 0.231 e. The van der Waals surface area contributed by atoms with Gasteiger partial charge < -0.3 is 4.90 Å². The quantitative estimate of drug-likeness (QED) is 0.629. The molecule has 0 aliphatic carbocycles. The summed E-state index contributed by atoms with van der Waals surface area (Å²) >= 11 is 1.64. The Balaban J connectivity index is 2.35. The molecule has 3 nitrogen and oxygen atoms in total. The van der Waals surface area contributed by atoms with E-state index >= 15 is 0 Å². The van der Waals surface area contributed by atoms with E-state index < -0.39 is 0 Å². The highest BCUT2D eigenvalue weighted by atomic mass is 32.2. The lowest BCUT2D eigenvalue weighted by atomic mass is 10.0. The Bertz CT molecular complexity index is 573. The van der Waals surface area contributed by atoms with Crippen LogP contribution in [0.15, 0.2) is 40.4 Å². The van der Waals surface area contributed by atoms with Gasteiger partial charge in [-0.3, -0.25) is 9.59 Å². The zero-order chi connectivity index (χ0) is 14.9. The molecule has 106 valence electrons. The minimum atomic E-state index is -0.0605. The highest BCUT2D eigenvalue weighted by Crippen LogP contribution is 2.29. The van der Waals surface area contributed by atoms with Crippen molar-refractivity contribution in [3.05, 3.63) is 41.1 Å². The number of benzene rings is 1. The van der Waals surface area contributed by atoms with Crippen molar-refractivity contribution in [2.45, 2.75) is 38.1 Å². The summed E-state index contributed by atoms with van der Waals surface area (Å²) in [6.07, 6.45) is 2.35. The SMILES string of the molecule is CSc1ccc(C(=O)C2=C(C)CC(=O)N2C(C)C)cc1. The first-order valence-corrected chi connectivity index (χ1v) is 7.88. The molecule has 0 aromatic heterocycles. The lowest BCUT2D eigenvalue weighted by Crippen LogP contribution is -2.34. The number of amides is 1. The lowest BCUT2D eigenvalue weighted by molar-refractivity contribution is -0.128. The van der Waals surface area contributed by atoms with Gasteiger partial charge in [0.25, 0.3) is 0 Å². The molecule has 20 heavy (non-hydrogen) atoms. The molecule has 0 saturated heterocycles. The standard InChI is InChI=1S/C16H19NO2S/c1-10(2)17-14(18)9-11(3)15(17)16(19)12-5-7-13(20-4)8-6-12/h5-8,10H,9H2,1-4H3. The lowest BCUT2D eigenvalue weighted by Gasteiger charge is -2.24. The second kappa shape index (κ2) is 5.83. The van der Waals surface area contributed by atoms with Crippen LogP contribution in [-0.4, -0.2) is 28.9 Å². The molecule has 0 saturated carbocycles. The average Bonchev–Trinajstić information content (AvgIpc) is 2.72. The molecule has 0 spiro atoms. The predicted octanol–water partition coefficient (Wildman–Crippen LogP) is 3.51. The third-order valence-corrected chi connectivity index (χ3v) is 4.16. The maximum absolute atomic E-state index is 12.7. The van der Waals surface area contributed by atoms with E-state index in [-0.39, 0.29) is 17.7 Å². The molecular weight excluding hydrogens is 270 g/mol. The van der Waals surface area contributed by atoms with Crippen LogP contribution in [0.5, 0.6) is 0 Å². The van der Waals surface area contributed by atoms with Crippen LogP contribution in [0.3, 0.4) is 0 Å². The van der Waals surface area contributed by atoms with Crippen molar-refractivity contribution in [1.82, 2.24) is 4.90 Å². The molecule has 1 aliphatic rings. The van der Waals surface area contributed by atoms with Gasteiger partial charge in [-0.2, -0.15) is 0 Å². The largest absolute Gasteiger partial charge is 0.306 e. The van der Waals surface area contributed by atoms with Crippen LogP contribution in [-0.2, 0) is 4.79 Å². The molecular formula is C16H19NO2S. The van der Waals surface area contributed by atoms with E-state index in [4.69, 9.17) is 0 Å². The highest BCUT2D eigenvalue weighted by Gasteiger charge is 2.34. The maximum Gasteiger partial charge on any atom is 0.231 e. The zero-order valence-corrected chi connectivity index (χ0v) is 13.1. The number of hydrogen-bond acceptors (Lipinski definition) is 3. The molecule has 4 heteroatoms. The van der Waals surface area contributed by atoms with Crippen molar-refractivity contribution < 1.29 is 9.59 Å². The summed E-state index contributed by atoms with van der Waals surface area (Å²) in [7, 11) is 0. The molecule has 0 radical (unpaired) electrons. The summed E-state index contributed by atoms with van der Waals surface area (Å²) in [5.41, 5.74) is 2.06. The predicted molar refractivity (Wildman–Crippen MR) is 81.9 cm³/mol. The number of allylic oxidation sites excluding steroid dienone is 1. The van der Waals surface area contributed by atoms with E-state index in [9.17, 15) is 9.59 Å². The first-order chi connectivity index (χ1) is 9.45. The van der Waals surface area contributed by atoms with Crippen molar-refractivity contribution >= 4 is 23.5 Å². The van der Waals surface area contributed by atoms with Gasteiger partial charge in [0, 0.05) is 16.5 Å². The van der Waals surface area contributed by atoms with E-state index in [1.807, 2.05) is 51.3 Å². The van der Waals surface area contributed by atoms with Gasteiger partial charge in [-0.25, -0.2) is 0 Å². The second-order valence-electron chi connectivity index (χ2n) is 5.22. The summed E-state index contributed by atoms with van der Waals surface area (Å²) in [6, 6.07) is 7.53. The summed E-state index contributed by atoms with van der Waals surface area (Å²) < 4.78 is 0. The molecule has 0 N–H and O–H groups in total. The minimum Gasteiger partial charge on any atom is -0.306 e. The van der Waals surface area contributed by atoms with Gasteiger partial charge in [0.15, 0.2) is 0 Å². The van der Waals surface area contributed by atoms with Gasteiger partial charge in [-0.05, 0) is 56.9 Å². The Morgan fingerprint density at radius 2 is 1.85 bits per heavy atom. The monoisotopic (exact) mass is 289 g/mol. The Kier molecular flexibility index (Phi) is 4.33. The molecule has 1 amide bonds. The summed E-state index contributed by atoms with van der Waals surface area (Å²) in [6.45, 7) is 5.73. The average molecular weight is 289 g/mol. The second-order valence-corrected chi connectivity index (χ2v) is 6.10. The van der Waals surface area contributed by atoms with Crippen LogP contribution in [0.4, 0.5) is 0 Å². The van der Waals surface area contributed by atoms with Crippen molar-refractivity contribution in [3.8, 4) is 0 Å². The fraction of sp³-hybridized carbons (Fsp3) is 0.375. The van der Waals surface area contributed by atoms with Crippen molar-refractivity contribution in [2.75, 3.05) is 6.26 Å². The Morgan fingerprint density at radius 3 is 2.35 bits per heavy atom. The van der Waals surface area contributed by atoms with Gasteiger partial charge in [-0.15, -0.1) is 11.8 Å². The molecule has 1 aliphatic heterocycles. The van der Waals surface area contributed by atoms with E-state index in [1.54, 1.807) is 16.7 Å². The normalized spacial score (nSPS) is 15.4. The maximum atomic E-state index is 12.7. The first kappa shape index (κ1) is 14.9. The number of hydrogen-bond donors (Lipinski definition) is 0. The third kappa shape index (κ3) is 2.66. The van der Waals surface area contributed by atoms with Gasteiger partial charge in [0.05, 0.1) is 12.1 Å². The molecule has 2 rings (SSSR count). The Morgan fingerprint density at radius 1 is 1.25 bits per heavy atom. The number of thioether (sulfide) groups is 1. The van der Waals surface area contributed by atoms with Crippen LogP contribution >= 0.6 is 11.8 Å². The van der Waals surface area contributed by atoms with Gasteiger partial charge >= 0.3 is 0 Å². The van der Waals surface area contributed by atoms with Gasteiger partial charge in [0.1, 0.15) is 0 Å². The third-order valence-electron chi connectivity index (χ3n) is 3.41. The van der Waals surface area contributed by atoms with Crippen LogP contribution < -0.4 is 0 Å². The summed E-state index contributed by atoms with van der Waals surface area (Å²) in [5, 5.41) is 0. The number of ketones is 1. The number of Topliss-reactive ketones (excluding diaryl/α,β-unsaturated/α-hetero) is 1. The number of carbonyl (C=O) groups excluding carboxylic acids is 2. The van der Waals surface area contributed by atoms with Crippen LogP contribution in [0.1, 0.15) is 37.6 Å². The fourth-order valence-electron chi connectivity index (χ4n) is 2.45.